The number of rotatable bonds is 2. The maximum Gasteiger partial charge on any atom is 0.115 e. The lowest BCUT2D eigenvalue weighted by Crippen LogP contribution is -2.42. The fourth-order valence-corrected chi connectivity index (χ4v) is 5.20. The highest BCUT2D eigenvalue weighted by Crippen LogP contribution is 2.56. The van der Waals surface area contributed by atoms with E-state index in [0.29, 0.717) is 11.2 Å². The van der Waals surface area contributed by atoms with E-state index in [9.17, 15) is 5.11 Å². The van der Waals surface area contributed by atoms with Gasteiger partial charge in [-0.05, 0) is 72.1 Å². The molecule has 1 aromatic rings. The third-order valence-corrected chi connectivity index (χ3v) is 6.48. The van der Waals surface area contributed by atoms with Crippen LogP contribution in [-0.4, -0.2) is 5.11 Å². The fraction of sp³-hybridized carbons (Fsp3) is 0.714. The van der Waals surface area contributed by atoms with Gasteiger partial charge in [-0.3, -0.25) is 0 Å². The summed E-state index contributed by atoms with van der Waals surface area (Å²) in [5.74, 6) is 2.90. The zero-order valence-corrected chi connectivity index (χ0v) is 15.2. The Morgan fingerprint density at radius 2 is 1.91 bits per heavy atom. The number of fused-ring (bicyclic) bond motifs is 3. The summed E-state index contributed by atoms with van der Waals surface area (Å²) in [7, 11) is 0. The molecular weight excluding hydrogens is 268 g/mol. The molecule has 2 aliphatic rings. The molecule has 1 fully saturated rings. The topological polar surface area (TPSA) is 20.2 Å². The number of benzene rings is 1. The summed E-state index contributed by atoms with van der Waals surface area (Å²) in [6.45, 7) is 11.3. The van der Waals surface area contributed by atoms with Crippen LogP contribution in [0.4, 0.5) is 0 Å². The molecule has 1 nitrogen and oxygen atoms in total. The number of phenols is 1. The third-order valence-electron chi connectivity index (χ3n) is 6.48. The molecule has 1 N–H and O–H groups in total. The van der Waals surface area contributed by atoms with Gasteiger partial charge in [0, 0.05) is 0 Å². The molecule has 4 atom stereocenters. The predicted molar refractivity (Wildman–Crippen MR) is 95.4 cm³/mol. The van der Waals surface area contributed by atoms with Gasteiger partial charge in [-0.1, -0.05) is 53.5 Å². The first kappa shape index (κ1) is 17.4. The minimum atomic E-state index is 0.434. The molecular formula is C21H34O. The van der Waals surface area contributed by atoms with Crippen LogP contribution < -0.4 is 0 Å². The van der Waals surface area contributed by atoms with Crippen LogP contribution in [0, 0.1) is 17.3 Å². The van der Waals surface area contributed by atoms with Gasteiger partial charge < -0.3 is 5.11 Å². The highest BCUT2D eigenvalue weighted by atomic mass is 16.3. The predicted octanol–water partition coefficient (Wildman–Crippen LogP) is 6.30. The largest absolute Gasteiger partial charge is 0.508 e. The van der Waals surface area contributed by atoms with Crippen molar-refractivity contribution in [2.45, 2.75) is 79.1 Å². The van der Waals surface area contributed by atoms with Gasteiger partial charge in [-0.15, -0.1) is 0 Å². The average molecular weight is 303 g/mol. The van der Waals surface area contributed by atoms with E-state index >= 15 is 0 Å². The molecule has 0 radical (unpaired) electrons. The second-order valence-electron chi connectivity index (χ2n) is 7.25. The summed E-state index contributed by atoms with van der Waals surface area (Å²) in [6, 6.07) is 6.08. The first-order valence-electron chi connectivity index (χ1n) is 9.41. The van der Waals surface area contributed by atoms with Crippen molar-refractivity contribution in [3.63, 3.8) is 0 Å². The molecule has 22 heavy (non-hydrogen) atoms. The van der Waals surface area contributed by atoms with E-state index in [1.54, 1.807) is 0 Å². The Morgan fingerprint density at radius 3 is 2.55 bits per heavy atom. The first-order chi connectivity index (χ1) is 10.6. The lowest BCUT2D eigenvalue weighted by molar-refractivity contribution is 0.0256. The number of hydrogen-bond donors (Lipinski definition) is 1. The number of hydrogen-bond acceptors (Lipinski definition) is 1. The number of phenolic OH excluding ortho intramolecular Hbond substituents is 1. The normalized spacial score (nSPS) is 33.2. The van der Waals surface area contributed by atoms with Crippen LogP contribution in [0.3, 0.4) is 0 Å². The molecule has 0 saturated heterocycles. The van der Waals surface area contributed by atoms with E-state index < -0.39 is 0 Å². The Bertz CT molecular complexity index is 493. The van der Waals surface area contributed by atoms with Gasteiger partial charge in [0.15, 0.2) is 0 Å². The summed E-state index contributed by atoms with van der Waals surface area (Å²) >= 11 is 0. The van der Waals surface area contributed by atoms with Crippen molar-refractivity contribution in [3.8, 4) is 5.75 Å². The summed E-state index contributed by atoms with van der Waals surface area (Å²) in [5.41, 5.74) is 3.49. The van der Waals surface area contributed by atoms with E-state index in [4.69, 9.17) is 0 Å². The fourth-order valence-electron chi connectivity index (χ4n) is 5.20. The van der Waals surface area contributed by atoms with Gasteiger partial charge in [0.1, 0.15) is 5.75 Å². The van der Waals surface area contributed by atoms with Crippen molar-refractivity contribution >= 4 is 0 Å². The second kappa shape index (κ2) is 7.06. The molecule has 1 heteroatoms. The van der Waals surface area contributed by atoms with Gasteiger partial charge in [-0.2, -0.15) is 0 Å². The molecule has 0 aromatic heterocycles. The summed E-state index contributed by atoms with van der Waals surface area (Å²) < 4.78 is 0. The van der Waals surface area contributed by atoms with Crippen LogP contribution in [0.25, 0.3) is 0 Å². The lowest BCUT2D eigenvalue weighted by atomic mass is 9.53. The van der Waals surface area contributed by atoms with Crippen LogP contribution in [0.1, 0.15) is 83.8 Å². The highest BCUT2D eigenvalue weighted by Gasteiger charge is 2.46. The van der Waals surface area contributed by atoms with Crippen molar-refractivity contribution in [1.29, 1.82) is 0 Å². The smallest absolute Gasteiger partial charge is 0.115 e. The van der Waals surface area contributed by atoms with Crippen LogP contribution in [-0.2, 0) is 6.42 Å². The van der Waals surface area contributed by atoms with E-state index in [-0.39, 0.29) is 0 Å². The highest BCUT2D eigenvalue weighted by molar-refractivity contribution is 5.39. The van der Waals surface area contributed by atoms with E-state index in [2.05, 4.69) is 26.8 Å². The Hall–Kier alpha value is -0.980. The van der Waals surface area contributed by atoms with Crippen molar-refractivity contribution in [2.24, 2.45) is 17.3 Å². The molecule has 0 heterocycles. The Kier molecular flexibility index (Phi) is 5.58. The van der Waals surface area contributed by atoms with Crippen molar-refractivity contribution in [2.75, 3.05) is 0 Å². The molecule has 3 unspecified atom stereocenters. The van der Waals surface area contributed by atoms with Gasteiger partial charge in [0.25, 0.3) is 0 Å². The summed E-state index contributed by atoms with van der Waals surface area (Å²) in [6.07, 6.45) is 7.80. The average Bonchev–Trinajstić information content (AvgIpc) is 2.56. The van der Waals surface area contributed by atoms with Gasteiger partial charge in [0.2, 0.25) is 0 Å². The van der Waals surface area contributed by atoms with E-state index in [1.165, 1.54) is 43.2 Å². The maximum atomic E-state index is 9.70. The molecule has 0 spiro atoms. The van der Waals surface area contributed by atoms with Crippen molar-refractivity contribution < 1.29 is 5.11 Å². The molecule has 0 aliphatic heterocycles. The molecule has 0 bridgehead atoms. The Morgan fingerprint density at radius 1 is 1.18 bits per heavy atom. The molecule has 124 valence electrons. The second-order valence-corrected chi connectivity index (χ2v) is 7.25. The first-order valence-corrected chi connectivity index (χ1v) is 9.41. The molecule has 0 amide bonds. The number of aromatic hydroxyl groups is 1. The maximum absolute atomic E-state index is 9.70. The minimum absolute atomic E-state index is 0.434. The van der Waals surface area contributed by atoms with Gasteiger partial charge >= 0.3 is 0 Å². The SMILES string of the molecule is CC.CCC1C2CCc3cc(O)ccc3C2CC[C@]1(C)CC. The number of aryl methyl sites for hydroxylation is 1. The Labute approximate surface area is 137 Å². The standard InChI is InChI=1S/C19H28O.C2H6/c1-4-18-17-8-6-13-12-14(20)7-9-15(13)16(17)10-11-19(18,3)5-2;1-2/h7,9,12,16-18,20H,4-6,8,10-11H2,1-3H3;1-2H3/t16?,17?,18?,19-;/m0./s1. The van der Waals surface area contributed by atoms with E-state index in [1.807, 2.05) is 26.0 Å². The minimum Gasteiger partial charge on any atom is -0.508 e. The third kappa shape index (κ3) is 2.92. The summed E-state index contributed by atoms with van der Waals surface area (Å²) in [4.78, 5) is 0. The lowest BCUT2D eigenvalue weighted by Gasteiger charge is -2.52. The zero-order valence-electron chi connectivity index (χ0n) is 15.2. The van der Waals surface area contributed by atoms with Crippen molar-refractivity contribution in [3.05, 3.63) is 29.3 Å². The van der Waals surface area contributed by atoms with Crippen LogP contribution in [0.2, 0.25) is 0 Å². The Balaban J connectivity index is 0.000000847. The van der Waals surface area contributed by atoms with Crippen LogP contribution in [0.15, 0.2) is 18.2 Å². The zero-order chi connectivity index (χ0) is 16.3. The van der Waals surface area contributed by atoms with E-state index in [0.717, 1.165) is 24.2 Å². The van der Waals surface area contributed by atoms with Gasteiger partial charge in [0.05, 0.1) is 0 Å². The summed E-state index contributed by atoms with van der Waals surface area (Å²) in [5, 5.41) is 9.70. The molecule has 1 saturated carbocycles. The molecule has 1 aromatic carbocycles. The van der Waals surface area contributed by atoms with Gasteiger partial charge in [-0.25, -0.2) is 0 Å². The van der Waals surface area contributed by atoms with Crippen molar-refractivity contribution in [1.82, 2.24) is 0 Å². The molecule has 3 rings (SSSR count). The van der Waals surface area contributed by atoms with Crippen LogP contribution >= 0.6 is 0 Å². The quantitative estimate of drug-likeness (QED) is 0.679. The van der Waals surface area contributed by atoms with Crippen LogP contribution in [0.5, 0.6) is 5.75 Å². The molecule has 2 aliphatic carbocycles. The monoisotopic (exact) mass is 302 g/mol.